The number of aliphatic imine (C=N–C) groups is 1. The van der Waals surface area contributed by atoms with Crippen LogP contribution in [0.25, 0.3) is 0 Å². The summed E-state index contributed by atoms with van der Waals surface area (Å²) in [6, 6.07) is 10.8. The van der Waals surface area contributed by atoms with E-state index in [1.807, 2.05) is 18.2 Å². The summed E-state index contributed by atoms with van der Waals surface area (Å²) in [5, 5.41) is 2.81. The van der Waals surface area contributed by atoms with Crippen LogP contribution < -0.4 is 25.3 Å². The molecule has 9 heteroatoms. The maximum absolute atomic E-state index is 12.1. The first-order valence-corrected chi connectivity index (χ1v) is 7.94. The second-order valence-electron chi connectivity index (χ2n) is 5.40. The Morgan fingerprint density at radius 1 is 1.04 bits per heavy atom. The zero-order chi connectivity index (χ0) is 19.9. The zero-order valence-electron chi connectivity index (χ0n) is 14.8. The molecular weight excluding hydrogens is 363 g/mol. The number of guanidine groups is 1. The third kappa shape index (κ3) is 6.61. The number of nitrogens with one attached hydrogen (secondary N) is 1. The minimum atomic E-state index is -4.72. The molecule has 0 fully saturated rings. The van der Waals surface area contributed by atoms with Crippen LogP contribution in [0.5, 0.6) is 17.2 Å². The van der Waals surface area contributed by atoms with E-state index in [9.17, 15) is 13.2 Å². The summed E-state index contributed by atoms with van der Waals surface area (Å²) < 4.78 is 50.6. The molecule has 146 valence electrons. The third-order valence-electron chi connectivity index (χ3n) is 3.49. The van der Waals surface area contributed by atoms with Crippen molar-refractivity contribution >= 4 is 11.6 Å². The number of halogens is 3. The normalized spacial score (nSPS) is 11.8. The minimum absolute atomic E-state index is 0.153. The first-order chi connectivity index (χ1) is 12.8. The Morgan fingerprint density at radius 3 is 2.30 bits per heavy atom. The van der Waals surface area contributed by atoms with E-state index in [4.69, 9.17) is 15.2 Å². The lowest BCUT2D eigenvalue weighted by molar-refractivity contribution is -0.274. The number of benzene rings is 2. The smallest absolute Gasteiger partial charge is 0.493 e. The average molecular weight is 383 g/mol. The lowest BCUT2D eigenvalue weighted by Crippen LogP contribution is -2.23. The zero-order valence-corrected chi connectivity index (χ0v) is 14.8. The topological polar surface area (TPSA) is 78.1 Å². The van der Waals surface area contributed by atoms with Crippen molar-refractivity contribution in [1.29, 1.82) is 0 Å². The molecule has 0 radical (unpaired) electrons. The molecule has 0 aliphatic rings. The van der Waals surface area contributed by atoms with Crippen molar-refractivity contribution in [2.45, 2.75) is 12.8 Å². The summed E-state index contributed by atoms with van der Waals surface area (Å²) in [6.45, 7) is 0.420. The quantitative estimate of drug-likeness (QED) is 0.565. The van der Waals surface area contributed by atoms with Gasteiger partial charge in [-0.2, -0.15) is 0 Å². The predicted octanol–water partition coefficient (Wildman–Crippen LogP) is 3.57. The van der Waals surface area contributed by atoms with Crippen molar-refractivity contribution in [3.63, 3.8) is 0 Å². The molecule has 0 aromatic heterocycles. The van der Waals surface area contributed by atoms with Crippen molar-refractivity contribution in [1.82, 2.24) is 0 Å². The number of methoxy groups -OCH3 is 2. The van der Waals surface area contributed by atoms with Crippen molar-refractivity contribution in [2.24, 2.45) is 10.7 Å². The van der Waals surface area contributed by atoms with Gasteiger partial charge in [0.25, 0.3) is 0 Å². The van der Waals surface area contributed by atoms with Crippen LogP contribution in [0.3, 0.4) is 0 Å². The van der Waals surface area contributed by atoms with E-state index in [2.05, 4.69) is 15.0 Å². The summed E-state index contributed by atoms with van der Waals surface area (Å²) in [5.41, 5.74) is 7.29. The van der Waals surface area contributed by atoms with Gasteiger partial charge in [0.15, 0.2) is 17.5 Å². The van der Waals surface area contributed by atoms with Crippen LogP contribution in [0, 0.1) is 0 Å². The van der Waals surface area contributed by atoms with Gasteiger partial charge in [0.1, 0.15) is 5.75 Å². The average Bonchev–Trinajstić information content (AvgIpc) is 2.62. The molecule has 0 aliphatic carbocycles. The largest absolute Gasteiger partial charge is 0.573 e. The number of hydrogen-bond acceptors (Lipinski definition) is 4. The number of anilines is 1. The fourth-order valence-corrected chi connectivity index (χ4v) is 2.27. The fourth-order valence-electron chi connectivity index (χ4n) is 2.27. The Balaban J connectivity index is 1.89. The van der Waals surface area contributed by atoms with Crippen LogP contribution in [-0.4, -0.2) is 33.1 Å². The van der Waals surface area contributed by atoms with E-state index < -0.39 is 6.36 Å². The number of alkyl halides is 3. The van der Waals surface area contributed by atoms with Gasteiger partial charge >= 0.3 is 6.36 Å². The highest BCUT2D eigenvalue weighted by molar-refractivity contribution is 5.92. The van der Waals surface area contributed by atoms with Gasteiger partial charge in [-0.15, -0.1) is 13.2 Å². The molecule has 0 spiro atoms. The van der Waals surface area contributed by atoms with Crippen molar-refractivity contribution in [3.8, 4) is 17.2 Å². The molecule has 0 saturated carbocycles. The standard InChI is InChI=1S/C18H20F3N3O3/c1-25-15-8-3-12(11-16(15)26-2)9-10-23-17(22)24-13-4-6-14(7-5-13)27-18(19,20)21/h3-8,11H,9-10H2,1-2H3,(H3,22,23,24). The Kier molecular flexibility index (Phi) is 6.75. The molecule has 0 aliphatic heterocycles. The van der Waals surface area contributed by atoms with Crippen LogP contribution in [0.2, 0.25) is 0 Å². The van der Waals surface area contributed by atoms with Crippen LogP contribution in [-0.2, 0) is 6.42 Å². The summed E-state index contributed by atoms with van der Waals surface area (Å²) in [6.07, 6.45) is -4.10. The molecule has 0 heterocycles. The van der Waals surface area contributed by atoms with E-state index in [1.165, 1.54) is 24.3 Å². The van der Waals surface area contributed by atoms with Crippen LogP contribution in [0.1, 0.15) is 5.56 Å². The Labute approximate surface area is 154 Å². The highest BCUT2D eigenvalue weighted by Crippen LogP contribution is 2.27. The first kappa shape index (κ1) is 20.2. The van der Waals surface area contributed by atoms with Gasteiger partial charge in [-0.1, -0.05) is 6.07 Å². The van der Waals surface area contributed by atoms with Gasteiger partial charge in [0.05, 0.1) is 14.2 Å². The van der Waals surface area contributed by atoms with Crippen LogP contribution in [0.15, 0.2) is 47.5 Å². The van der Waals surface area contributed by atoms with E-state index >= 15 is 0 Å². The molecule has 6 nitrogen and oxygen atoms in total. The number of rotatable bonds is 7. The second-order valence-corrected chi connectivity index (χ2v) is 5.40. The summed E-state index contributed by atoms with van der Waals surface area (Å²) in [5.74, 6) is 1.12. The number of nitrogens with two attached hydrogens (primary N) is 1. The van der Waals surface area contributed by atoms with Gasteiger partial charge in [-0.3, -0.25) is 4.99 Å². The highest BCUT2D eigenvalue weighted by atomic mass is 19.4. The molecule has 3 N–H and O–H groups in total. The van der Waals surface area contributed by atoms with Crippen molar-refractivity contribution in [3.05, 3.63) is 48.0 Å². The first-order valence-electron chi connectivity index (χ1n) is 7.94. The molecule has 0 saturated heterocycles. The maximum atomic E-state index is 12.1. The monoisotopic (exact) mass is 383 g/mol. The second kappa shape index (κ2) is 9.02. The highest BCUT2D eigenvalue weighted by Gasteiger charge is 2.30. The molecule has 0 bridgehead atoms. The minimum Gasteiger partial charge on any atom is -0.493 e. The maximum Gasteiger partial charge on any atom is 0.573 e. The Hall–Kier alpha value is -3.10. The van der Waals surface area contributed by atoms with Gasteiger partial charge in [-0.25, -0.2) is 0 Å². The van der Waals surface area contributed by atoms with Crippen LogP contribution >= 0.6 is 0 Å². The number of nitrogens with zero attached hydrogens (tertiary/aromatic N) is 1. The molecule has 2 aromatic rings. The molecule has 2 rings (SSSR count). The van der Waals surface area contributed by atoms with Crippen LogP contribution in [0.4, 0.5) is 18.9 Å². The molecule has 2 aromatic carbocycles. The molecule has 0 atom stereocenters. The number of hydrogen-bond donors (Lipinski definition) is 2. The van der Waals surface area contributed by atoms with Gasteiger partial charge in [-0.05, 0) is 48.4 Å². The SMILES string of the molecule is COc1ccc(CCN=C(N)Nc2ccc(OC(F)(F)F)cc2)cc1OC. The lowest BCUT2D eigenvalue weighted by Gasteiger charge is -2.10. The third-order valence-corrected chi connectivity index (χ3v) is 3.49. The van der Waals surface area contributed by atoms with E-state index in [1.54, 1.807) is 14.2 Å². The summed E-state index contributed by atoms with van der Waals surface area (Å²) in [7, 11) is 3.13. The van der Waals surface area contributed by atoms with Gasteiger partial charge in [0, 0.05) is 12.2 Å². The van der Waals surface area contributed by atoms with Gasteiger partial charge in [0.2, 0.25) is 0 Å². The van der Waals surface area contributed by atoms with Crippen molar-refractivity contribution in [2.75, 3.05) is 26.1 Å². The van der Waals surface area contributed by atoms with E-state index in [0.29, 0.717) is 30.2 Å². The Bertz CT molecular complexity index is 778. The van der Waals surface area contributed by atoms with Gasteiger partial charge < -0.3 is 25.3 Å². The molecule has 0 unspecified atom stereocenters. The van der Waals surface area contributed by atoms with E-state index in [-0.39, 0.29) is 11.7 Å². The summed E-state index contributed by atoms with van der Waals surface area (Å²) >= 11 is 0. The fraction of sp³-hybridized carbons (Fsp3) is 0.278. The molecule has 0 amide bonds. The molecule has 27 heavy (non-hydrogen) atoms. The predicted molar refractivity (Wildman–Crippen MR) is 96.5 cm³/mol. The molecular formula is C18H20F3N3O3. The van der Waals surface area contributed by atoms with Crippen molar-refractivity contribution < 1.29 is 27.4 Å². The Morgan fingerprint density at radius 2 is 1.70 bits per heavy atom. The van der Waals surface area contributed by atoms with E-state index in [0.717, 1.165) is 5.56 Å². The summed E-state index contributed by atoms with van der Waals surface area (Å²) in [4.78, 5) is 4.19. The lowest BCUT2D eigenvalue weighted by atomic mass is 10.1. The number of ether oxygens (including phenoxy) is 3.